The molecule has 1 fully saturated rings. The lowest BCUT2D eigenvalue weighted by atomic mass is 9.98. The van der Waals surface area contributed by atoms with Crippen LogP contribution in [0.5, 0.6) is 5.88 Å². The zero-order chi connectivity index (χ0) is 26.3. The normalized spacial score (nSPS) is 14.8. The predicted octanol–water partition coefficient (Wildman–Crippen LogP) is 4.98. The molecule has 37 heavy (non-hydrogen) atoms. The van der Waals surface area contributed by atoms with Crippen molar-refractivity contribution in [1.82, 2.24) is 18.5 Å². The smallest absolute Gasteiger partial charge is 0.268 e. The molecule has 5 rings (SSSR count). The van der Waals surface area contributed by atoms with Crippen LogP contribution in [-0.2, 0) is 16.6 Å². The van der Waals surface area contributed by atoms with E-state index >= 15 is 4.39 Å². The van der Waals surface area contributed by atoms with Gasteiger partial charge >= 0.3 is 0 Å². The van der Waals surface area contributed by atoms with Crippen LogP contribution in [0.25, 0.3) is 22.3 Å². The van der Waals surface area contributed by atoms with Gasteiger partial charge in [-0.2, -0.15) is 9.37 Å². The summed E-state index contributed by atoms with van der Waals surface area (Å²) >= 11 is 0. The molecule has 0 aliphatic heterocycles. The number of aryl methyl sites for hydroxylation is 3. The molecule has 0 unspecified atom stereocenters. The summed E-state index contributed by atoms with van der Waals surface area (Å²) in [5.41, 5.74) is 1.21. The molecule has 0 N–H and O–H groups in total. The number of pyridine rings is 1. The maximum atomic E-state index is 15.9. The third kappa shape index (κ3) is 4.54. The highest BCUT2D eigenvalue weighted by molar-refractivity contribution is 7.90. The minimum Gasteiger partial charge on any atom is -0.472 e. The van der Waals surface area contributed by atoms with Crippen LogP contribution in [0.4, 0.5) is 4.39 Å². The second-order valence-electron chi connectivity index (χ2n) is 9.42. The van der Waals surface area contributed by atoms with Crippen LogP contribution in [0, 0.1) is 19.7 Å². The van der Waals surface area contributed by atoms with Gasteiger partial charge in [-0.15, -0.1) is 0 Å². The van der Waals surface area contributed by atoms with Crippen molar-refractivity contribution in [1.29, 1.82) is 0 Å². The number of rotatable bonds is 6. The van der Waals surface area contributed by atoms with E-state index in [9.17, 15) is 13.2 Å². The summed E-state index contributed by atoms with van der Waals surface area (Å²) in [5, 5.41) is 0. The molecule has 0 atom stereocenters. The monoisotopic (exact) mass is 524 g/mol. The molecular formula is C27H29FN4O4S. The molecule has 8 nitrogen and oxygen atoms in total. The number of hydrogen-bond donors (Lipinski definition) is 0. The summed E-state index contributed by atoms with van der Waals surface area (Å²) in [6.07, 6.45) is 5.98. The number of nitrogens with zero attached hydrogens (tertiary/aromatic N) is 4. The highest BCUT2D eigenvalue weighted by atomic mass is 32.2. The number of halogens is 1. The van der Waals surface area contributed by atoms with Gasteiger partial charge in [0, 0.05) is 24.4 Å². The molecule has 194 valence electrons. The van der Waals surface area contributed by atoms with Crippen LogP contribution >= 0.6 is 0 Å². The maximum absolute atomic E-state index is 15.9. The van der Waals surface area contributed by atoms with Gasteiger partial charge in [-0.05, 0) is 64.7 Å². The van der Waals surface area contributed by atoms with Crippen LogP contribution in [-0.4, -0.2) is 33.0 Å². The lowest BCUT2D eigenvalue weighted by Crippen LogP contribution is -2.21. The van der Waals surface area contributed by atoms with Crippen molar-refractivity contribution in [2.24, 2.45) is 0 Å². The number of hydrogen-bond acceptors (Lipinski definition) is 6. The second-order valence-corrected chi connectivity index (χ2v) is 11.2. The highest BCUT2D eigenvalue weighted by Gasteiger charge is 2.28. The summed E-state index contributed by atoms with van der Waals surface area (Å²) < 4.78 is 51.8. The topological polar surface area (TPSA) is 96.1 Å². The Bertz CT molecular complexity index is 1640. The third-order valence-corrected chi connectivity index (χ3v) is 8.50. The largest absolute Gasteiger partial charge is 0.472 e. The Morgan fingerprint density at radius 1 is 1.03 bits per heavy atom. The van der Waals surface area contributed by atoms with E-state index in [0.29, 0.717) is 0 Å². The molecule has 1 aliphatic rings. The predicted molar refractivity (Wildman–Crippen MR) is 139 cm³/mol. The van der Waals surface area contributed by atoms with Crippen molar-refractivity contribution in [2.45, 2.75) is 70.4 Å². The van der Waals surface area contributed by atoms with Crippen molar-refractivity contribution in [2.75, 3.05) is 0 Å². The van der Waals surface area contributed by atoms with E-state index in [4.69, 9.17) is 4.74 Å². The van der Waals surface area contributed by atoms with E-state index in [1.807, 2.05) is 6.92 Å². The Kier molecular flexibility index (Phi) is 6.61. The van der Waals surface area contributed by atoms with E-state index in [2.05, 4.69) is 9.97 Å². The first-order valence-electron chi connectivity index (χ1n) is 12.5. The van der Waals surface area contributed by atoms with E-state index < -0.39 is 15.8 Å². The zero-order valence-corrected chi connectivity index (χ0v) is 21.9. The highest BCUT2D eigenvalue weighted by Crippen LogP contribution is 2.36. The fourth-order valence-corrected chi connectivity index (χ4v) is 6.27. The van der Waals surface area contributed by atoms with Crippen LogP contribution in [0.1, 0.15) is 50.4 Å². The van der Waals surface area contributed by atoms with Gasteiger partial charge < -0.3 is 9.30 Å². The third-order valence-electron chi connectivity index (χ3n) is 6.81. The molecule has 3 heterocycles. The summed E-state index contributed by atoms with van der Waals surface area (Å²) in [6, 6.07) is 9.24. The Labute approximate surface area is 214 Å². The van der Waals surface area contributed by atoms with Crippen LogP contribution in [0.3, 0.4) is 0 Å². The molecule has 0 bridgehead atoms. The molecule has 0 saturated heterocycles. The Hall–Kier alpha value is -3.53. The lowest BCUT2D eigenvalue weighted by Gasteiger charge is -2.23. The molecule has 3 aromatic heterocycles. The molecule has 1 aliphatic carbocycles. The minimum absolute atomic E-state index is 0.0801. The fraction of sp³-hybridized carbons (Fsp3) is 0.370. The SMILES string of the molecule is CCn1c(=O)ccc2c1c(-c1nc(C)nc(OC3CCCCC3)c1F)cn2S(=O)(=O)c1ccc(C)cc1. The fourth-order valence-electron chi connectivity index (χ4n) is 4.92. The average Bonchev–Trinajstić information content (AvgIpc) is 3.27. The van der Waals surface area contributed by atoms with Gasteiger partial charge in [-0.25, -0.2) is 17.4 Å². The quantitative estimate of drug-likeness (QED) is 0.353. The standard InChI is InChI=1S/C27H29FN4O4S/c1-4-31-23(33)15-14-22-26(31)21(16-32(22)37(34,35)20-12-10-17(2)11-13-20)25-24(28)27(30-18(3)29-25)36-19-8-6-5-7-9-19/h10-16,19H,4-9H2,1-3H3. The van der Waals surface area contributed by atoms with Crippen molar-refractivity contribution in [3.05, 3.63) is 70.2 Å². The molecule has 0 spiro atoms. The molecule has 1 saturated carbocycles. The van der Waals surface area contributed by atoms with E-state index in [-0.39, 0.29) is 57.1 Å². The Morgan fingerprint density at radius 3 is 2.41 bits per heavy atom. The first-order chi connectivity index (χ1) is 17.7. The second kappa shape index (κ2) is 9.74. The van der Waals surface area contributed by atoms with Crippen LogP contribution < -0.4 is 10.3 Å². The first-order valence-corrected chi connectivity index (χ1v) is 13.9. The van der Waals surface area contributed by atoms with Gasteiger partial charge in [0.05, 0.1) is 15.9 Å². The maximum Gasteiger partial charge on any atom is 0.268 e. The van der Waals surface area contributed by atoms with Crippen LogP contribution in [0.2, 0.25) is 0 Å². The Balaban J connectivity index is 1.75. The lowest BCUT2D eigenvalue weighted by molar-refractivity contribution is 0.141. The van der Waals surface area contributed by atoms with Crippen molar-refractivity contribution < 1.29 is 17.5 Å². The number of aromatic nitrogens is 4. The van der Waals surface area contributed by atoms with Gasteiger partial charge in [0.15, 0.2) is 0 Å². The van der Waals surface area contributed by atoms with Gasteiger partial charge in [-0.1, -0.05) is 24.1 Å². The average molecular weight is 525 g/mol. The van der Waals surface area contributed by atoms with Gasteiger partial charge in [0.1, 0.15) is 17.6 Å². The zero-order valence-electron chi connectivity index (χ0n) is 21.1. The van der Waals surface area contributed by atoms with Gasteiger partial charge in [0.2, 0.25) is 5.82 Å². The number of ether oxygens (including phenoxy) is 1. The van der Waals surface area contributed by atoms with Gasteiger partial charge in [0.25, 0.3) is 21.5 Å². The number of fused-ring (bicyclic) bond motifs is 1. The van der Waals surface area contributed by atoms with Crippen LogP contribution in [0.15, 0.2) is 52.3 Å². The molecule has 4 aromatic rings. The number of benzene rings is 1. The molecule has 10 heteroatoms. The first kappa shape index (κ1) is 25.1. The Morgan fingerprint density at radius 2 is 1.73 bits per heavy atom. The summed E-state index contributed by atoms with van der Waals surface area (Å²) in [7, 11) is -4.06. The molecule has 0 amide bonds. The summed E-state index contributed by atoms with van der Waals surface area (Å²) in [5.74, 6) is -0.647. The van der Waals surface area contributed by atoms with E-state index in [1.165, 1.54) is 35.0 Å². The van der Waals surface area contributed by atoms with E-state index in [0.717, 1.165) is 41.6 Å². The van der Waals surface area contributed by atoms with Crippen molar-refractivity contribution in [3.63, 3.8) is 0 Å². The molecular weight excluding hydrogens is 495 g/mol. The van der Waals surface area contributed by atoms with Crippen molar-refractivity contribution >= 4 is 21.1 Å². The minimum atomic E-state index is -4.06. The molecule has 0 radical (unpaired) electrons. The summed E-state index contributed by atoms with van der Waals surface area (Å²) in [4.78, 5) is 21.4. The van der Waals surface area contributed by atoms with E-state index in [1.54, 1.807) is 26.0 Å². The molecule has 1 aromatic carbocycles. The van der Waals surface area contributed by atoms with Crippen molar-refractivity contribution in [3.8, 4) is 17.1 Å². The summed E-state index contributed by atoms with van der Waals surface area (Å²) in [6.45, 7) is 5.53. The van der Waals surface area contributed by atoms with Gasteiger partial charge in [-0.3, -0.25) is 4.79 Å².